The van der Waals surface area contributed by atoms with Crippen molar-refractivity contribution in [3.8, 4) is 0 Å². The zero-order valence-electron chi connectivity index (χ0n) is 10.9. The number of nitrogens with one attached hydrogen (secondary N) is 1. The molecule has 0 amide bonds. The molecule has 1 N–H and O–H groups in total. The molecule has 8 heteroatoms. The molecule has 0 aromatic rings. The number of methoxy groups -OCH3 is 1. The fourth-order valence-electron chi connectivity index (χ4n) is 2.17. The normalized spacial score (nSPS) is 26.0. The molecule has 0 spiro atoms. The molecule has 1 fully saturated rings. The highest BCUT2D eigenvalue weighted by Gasteiger charge is 2.31. The van der Waals surface area contributed by atoms with Gasteiger partial charge in [0.2, 0.25) is 10.0 Å². The number of hydrogen-bond donors (Lipinski definition) is 1. The Morgan fingerprint density at radius 2 is 2.37 bits per heavy atom. The minimum Gasteiger partial charge on any atom is -0.468 e. The van der Waals surface area contributed by atoms with Crippen molar-refractivity contribution in [2.75, 3.05) is 19.4 Å². The van der Waals surface area contributed by atoms with Crippen LogP contribution in [-0.2, 0) is 19.6 Å². The van der Waals surface area contributed by atoms with Crippen molar-refractivity contribution in [2.45, 2.75) is 25.4 Å². The average molecular weight is 287 g/mol. The van der Waals surface area contributed by atoms with Gasteiger partial charge in [0, 0.05) is 24.7 Å². The van der Waals surface area contributed by atoms with Crippen LogP contribution in [0, 0.1) is 0 Å². The fourth-order valence-corrected chi connectivity index (χ4v) is 3.35. The Morgan fingerprint density at radius 3 is 3.05 bits per heavy atom. The highest BCUT2D eigenvalue weighted by atomic mass is 32.2. The quantitative estimate of drug-likeness (QED) is 0.702. The number of carbonyl (C=O) groups is 1. The van der Waals surface area contributed by atoms with Gasteiger partial charge in [-0.25, -0.2) is 13.1 Å². The lowest BCUT2D eigenvalue weighted by atomic mass is 10.2. The molecule has 2 atom stereocenters. The Kier molecular flexibility index (Phi) is 3.91. The first-order valence-corrected chi connectivity index (χ1v) is 7.62. The summed E-state index contributed by atoms with van der Waals surface area (Å²) in [5.41, 5.74) is 1.06. The van der Waals surface area contributed by atoms with Gasteiger partial charge in [-0.05, 0) is 13.0 Å². The molecule has 2 aliphatic heterocycles. The smallest absolute Gasteiger partial charge is 0.322 e. The number of nitrogens with zero attached hydrogens (tertiary/aromatic N) is 2. The van der Waals surface area contributed by atoms with Gasteiger partial charge in [-0.2, -0.15) is 0 Å². The molecular formula is C11H17N3O4S. The number of esters is 1. The SMILES string of the molecule is COC(=O)CS(=O)(=O)N[C@H]1CC2=C[C@H](C)N=CN2C1. The van der Waals surface area contributed by atoms with Crippen LogP contribution in [0.2, 0.25) is 0 Å². The van der Waals surface area contributed by atoms with Gasteiger partial charge in [0.05, 0.1) is 19.5 Å². The zero-order chi connectivity index (χ0) is 14.0. The third-order valence-electron chi connectivity index (χ3n) is 3.00. The maximum atomic E-state index is 11.7. The number of aliphatic imine (C=N–C) groups is 1. The van der Waals surface area contributed by atoms with Crippen molar-refractivity contribution in [3.63, 3.8) is 0 Å². The van der Waals surface area contributed by atoms with E-state index >= 15 is 0 Å². The topological polar surface area (TPSA) is 88.1 Å². The van der Waals surface area contributed by atoms with Crippen molar-refractivity contribution in [3.05, 3.63) is 11.8 Å². The Hall–Kier alpha value is -1.41. The summed E-state index contributed by atoms with van der Waals surface area (Å²) in [7, 11) is -2.49. The van der Waals surface area contributed by atoms with Crippen molar-refractivity contribution in [2.24, 2.45) is 4.99 Å². The van der Waals surface area contributed by atoms with E-state index in [0.29, 0.717) is 13.0 Å². The van der Waals surface area contributed by atoms with E-state index in [0.717, 1.165) is 12.8 Å². The molecule has 7 nitrogen and oxygen atoms in total. The van der Waals surface area contributed by atoms with Gasteiger partial charge in [0.15, 0.2) is 5.75 Å². The summed E-state index contributed by atoms with van der Waals surface area (Å²) in [5, 5.41) is 0. The monoisotopic (exact) mass is 287 g/mol. The summed E-state index contributed by atoms with van der Waals surface area (Å²) < 4.78 is 30.4. The fraction of sp³-hybridized carbons (Fsp3) is 0.636. The number of rotatable bonds is 4. The molecule has 19 heavy (non-hydrogen) atoms. The van der Waals surface area contributed by atoms with Crippen LogP contribution in [0.15, 0.2) is 16.8 Å². The molecule has 0 bridgehead atoms. The van der Waals surface area contributed by atoms with Crippen molar-refractivity contribution in [1.82, 2.24) is 9.62 Å². The molecule has 1 saturated heterocycles. The molecule has 0 aliphatic carbocycles. The van der Waals surface area contributed by atoms with Crippen LogP contribution in [0.5, 0.6) is 0 Å². The van der Waals surface area contributed by atoms with Crippen LogP contribution in [0.3, 0.4) is 0 Å². The highest BCUT2D eigenvalue weighted by molar-refractivity contribution is 7.90. The van der Waals surface area contributed by atoms with E-state index in [4.69, 9.17) is 0 Å². The van der Waals surface area contributed by atoms with E-state index in [9.17, 15) is 13.2 Å². The summed E-state index contributed by atoms with van der Waals surface area (Å²) in [6, 6.07) is -0.116. The molecule has 0 unspecified atom stereocenters. The average Bonchev–Trinajstić information content (AvgIpc) is 2.68. The summed E-state index contributed by atoms with van der Waals surface area (Å²) in [6.45, 7) is 2.50. The van der Waals surface area contributed by atoms with E-state index in [1.807, 2.05) is 17.9 Å². The van der Waals surface area contributed by atoms with Gasteiger partial charge >= 0.3 is 5.97 Å². The Labute approximate surface area is 112 Å². The molecule has 0 saturated carbocycles. The molecule has 0 radical (unpaired) electrons. The van der Waals surface area contributed by atoms with Crippen LogP contribution in [0.1, 0.15) is 13.3 Å². The number of sulfonamides is 1. The van der Waals surface area contributed by atoms with Crippen LogP contribution in [0.25, 0.3) is 0 Å². The maximum absolute atomic E-state index is 11.7. The zero-order valence-corrected chi connectivity index (χ0v) is 11.7. The molecule has 0 aromatic carbocycles. The number of fused-ring (bicyclic) bond motifs is 1. The summed E-state index contributed by atoms with van der Waals surface area (Å²) in [4.78, 5) is 17.2. The number of carbonyl (C=O) groups excluding carboxylic acids is 1. The van der Waals surface area contributed by atoms with Crippen molar-refractivity contribution >= 4 is 22.3 Å². The van der Waals surface area contributed by atoms with E-state index in [1.165, 1.54) is 0 Å². The van der Waals surface area contributed by atoms with Crippen LogP contribution < -0.4 is 4.72 Å². The van der Waals surface area contributed by atoms with E-state index in [1.54, 1.807) is 6.34 Å². The third-order valence-corrected chi connectivity index (χ3v) is 4.31. The second-order valence-corrected chi connectivity index (χ2v) is 6.42. The Bertz CT molecular complexity index is 526. The van der Waals surface area contributed by atoms with Crippen LogP contribution >= 0.6 is 0 Å². The Morgan fingerprint density at radius 1 is 1.63 bits per heavy atom. The summed E-state index contributed by atoms with van der Waals surface area (Å²) in [5.74, 6) is -1.42. The molecule has 2 heterocycles. The second kappa shape index (κ2) is 5.30. The maximum Gasteiger partial charge on any atom is 0.322 e. The van der Waals surface area contributed by atoms with Gasteiger partial charge in [-0.1, -0.05) is 0 Å². The van der Waals surface area contributed by atoms with Gasteiger partial charge in [0.25, 0.3) is 0 Å². The predicted molar refractivity (Wildman–Crippen MR) is 70.1 cm³/mol. The van der Waals surface area contributed by atoms with Crippen LogP contribution in [0.4, 0.5) is 0 Å². The second-order valence-electron chi connectivity index (χ2n) is 4.67. The molecule has 106 valence electrons. The first kappa shape index (κ1) is 14.0. The van der Waals surface area contributed by atoms with Gasteiger partial charge in [-0.3, -0.25) is 9.79 Å². The standard InChI is InChI=1S/C11H17N3O4S/c1-8-3-10-4-9(5-14(10)7-12-8)13-19(16,17)6-11(15)18-2/h3,7-9,13H,4-6H2,1-2H3/t8-,9-/m0/s1. The van der Waals surface area contributed by atoms with Gasteiger partial charge < -0.3 is 9.64 Å². The highest BCUT2D eigenvalue weighted by Crippen LogP contribution is 2.24. The first-order valence-electron chi connectivity index (χ1n) is 5.97. The lowest BCUT2D eigenvalue weighted by molar-refractivity contribution is -0.137. The van der Waals surface area contributed by atoms with E-state index < -0.39 is 21.7 Å². The van der Waals surface area contributed by atoms with Gasteiger partial charge in [-0.15, -0.1) is 0 Å². The first-order chi connectivity index (χ1) is 8.89. The third kappa shape index (κ3) is 3.54. The molecule has 0 aromatic heterocycles. The molecule has 2 aliphatic rings. The minimum absolute atomic E-state index is 0.122. The predicted octanol–water partition coefficient (Wildman–Crippen LogP) is -0.533. The van der Waals surface area contributed by atoms with Crippen LogP contribution in [-0.4, -0.2) is 57.1 Å². The molecular weight excluding hydrogens is 270 g/mol. The lowest BCUT2D eigenvalue weighted by Gasteiger charge is -2.19. The summed E-state index contributed by atoms with van der Waals surface area (Å²) >= 11 is 0. The largest absolute Gasteiger partial charge is 0.468 e. The van der Waals surface area contributed by atoms with Gasteiger partial charge in [0.1, 0.15) is 0 Å². The van der Waals surface area contributed by atoms with Crippen molar-refractivity contribution in [1.29, 1.82) is 0 Å². The van der Waals surface area contributed by atoms with E-state index in [2.05, 4.69) is 14.5 Å². The van der Waals surface area contributed by atoms with E-state index in [-0.39, 0.29) is 12.1 Å². The number of hydrogen-bond acceptors (Lipinski definition) is 6. The Balaban J connectivity index is 1.97. The lowest BCUT2D eigenvalue weighted by Crippen LogP contribution is -2.40. The number of ether oxygens (including phenoxy) is 1. The van der Waals surface area contributed by atoms with Crippen molar-refractivity contribution < 1.29 is 17.9 Å². The minimum atomic E-state index is -3.66. The molecule has 2 rings (SSSR count). The summed E-state index contributed by atoms with van der Waals surface area (Å²) in [6.07, 6.45) is 4.35.